The highest BCUT2D eigenvalue weighted by Gasteiger charge is 2.05. The first kappa shape index (κ1) is 24.7. The summed E-state index contributed by atoms with van der Waals surface area (Å²) in [5, 5.41) is 9.27. The SMILES string of the molecule is CCNC(=NCc1ccccc1OCC)NCCc1cccc(C(=O)NC)c1.I. The Labute approximate surface area is 190 Å². The highest BCUT2D eigenvalue weighted by atomic mass is 127. The molecule has 158 valence electrons. The number of benzene rings is 2. The van der Waals surface area contributed by atoms with Gasteiger partial charge in [0.1, 0.15) is 5.75 Å². The normalized spacial score (nSPS) is 10.7. The van der Waals surface area contributed by atoms with E-state index in [4.69, 9.17) is 4.74 Å². The highest BCUT2D eigenvalue weighted by molar-refractivity contribution is 14.0. The molecule has 2 rings (SSSR count). The van der Waals surface area contributed by atoms with Crippen LogP contribution in [0.3, 0.4) is 0 Å². The van der Waals surface area contributed by atoms with Crippen LogP contribution < -0.4 is 20.7 Å². The van der Waals surface area contributed by atoms with Crippen molar-refractivity contribution in [1.29, 1.82) is 0 Å². The molecule has 2 aromatic rings. The molecule has 0 atom stereocenters. The third kappa shape index (κ3) is 8.31. The number of ether oxygens (including phenoxy) is 1. The van der Waals surface area contributed by atoms with Crippen LogP contribution in [-0.4, -0.2) is 38.6 Å². The summed E-state index contributed by atoms with van der Waals surface area (Å²) in [6.45, 7) is 6.69. The largest absolute Gasteiger partial charge is 0.494 e. The zero-order valence-electron chi connectivity index (χ0n) is 17.3. The molecule has 3 N–H and O–H groups in total. The van der Waals surface area contributed by atoms with Crippen molar-refractivity contribution in [1.82, 2.24) is 16.0 Å². The molecule has 0 heterocycles. The van der Waals surface area contributed by atoms with Gasteiger partial charge in [-0.25, -0.2) is 4.99 Å². The fourth-order valence-electron chi connectivity index (χ4n) is 2.77. The summed E-state index contributed by atoms with van der Waals surface area (Å²) in [6, 6.07) is 15.6. The molecule has 0 aliphatic heterocycles. The van der Waals surface area contributed by atoms with Crippen LogP contribution in [0.25, 0.3) is 0 Å². The molecule has 0 spiro atoms. The number of guanidine groups is 1. The van der Waals surface area contributed by atoms with E-state index in [1.54, 1.807) is 7.05 Å². The van der Waals surface area contributed by atoms with E-state index in [1.807, 2.05) is 62.4 Å². The molecule has 0 bridgehead atoms. The predicted molar refractivity (Wildman–Crippen MR) is 129 cm³/mol. The van der Waals surface area contributed by atoms with E-state index in [1.165, 1.54) is 0 Å². The van der Waals surface area contributed by atoms with Gasteiger partial charge in [0.15, 0.2) is 5.96 Å². The van der Waals surface area contributed by atoms with Gasteiger partial charge in [-0.2, -0.15) is 0 Å². The van der Waals surface area contributed by atoms with Gasteiger partial charge in [-0.05, 0) is 44.0 Å². The molecule has 6 nitrogen and oxygen atoms in total. The Morgan fingerprint density at radius 3 is 2.59 bits per heavy atom. The van der Waals surface area contributed by atoms with Gasteiger partial charge < -0.3 is 20.7 Å². The van der Waals surface area contributed by atoms with Crippen LogP contribution in [0.5, 0.6) is 5.75 Å². The number of carbonyl (C=O) groups is 1. The number of para-hydroxylation sites is 1. The van der Waals surface area contributed by atoms with Crippen LogP contribution in [0.2, 0.25) is 0 Å². The number of halogens is 1. The van der Waals surface area contributed by atoms with Crippen LogP contribution in [0.1, 0.15) is 35.3 Å². The molecule has 1 amide bonds. The standard InChI is InChI=1S/C22H30N4O2.HI/c1-4-24-22(26-16-19-10-6-7-12-20(19)28-5-2)25-14-13-17-9-8-11-18(15-17)21(27)23-3;/h6-12,15H,4-5,13-14,16H2,1-3H3,(H,23,27)(H2,24,25,26);1H. The van der Waals surface area contributed by atoms with Crippen molar-refractivity contribution < 1.29 is 9.53 Å². The molecule has 0 radical (unpaired) electrons. The first-order chi connectivity index (χ1) is 13.7. The van der Waals surface area contributed by atoms with Crippen molar-refractivity contribution in [2.75, 3.05) is 26.7 Å². The molecule has 0 saturated carbocycles. The number of aliphatic imine (C=N–C) groups is 1. The minimum absolute atomic E-state index is 0. The second kappa shape index (κ2) is 13.8. The van der Waals surface area contributed by atoms with E-state index in [2.05, 4.69) is 20.9 Å². The van der Waals surface area contributed by atoms with Crippen molar-refractivity contribution >= 4 is 35.8 Å². The second-order valence-electron chi connectivity index (χ2n) is 6.19. The fourth-order valence-corrected chi connectivity index (χ4v) is 2.77. The van der Waals surface area contributed by atoms with Crippen molar-refractivity contribution in [3.63, 3.8) is 0 Å². The first-order valence-electron chi connectivity index (χ1n) is 9.71. The van der Waals surface area contributed by atoms with E-state index >= 15 is 0 Å². The highest BCUT2D eigenvalue weighted by Crippen LogP contribution is 2.18. The molecule has 0 aliphatic carbocycles. The smallest absolute Gasteiger partial charge is 0.251 e. The fraction of sp³-hybridized carbons (Fsp3) is 0.364. The summed E-state index contributed by atoms with van der Waals surface area (Å²) >= 11 is 0. The molecule has 0 unspecified atom stereocenters. The molecule has 0 saturated heterocycles. The van der Waals surface area contributed by atoms with Crippen LogP contribution in [-0.2, 0) is 13.0 Å². The van der Waals surface area contributed by atoms with Gasteiger partial charge in [-0.1, -0.05) is 30.3 Å². The Morgan fingerprint density at radius 1 is 1.07 bits per heavy atom. The Morgan fingerprint density at radius 2 is 1.86 bits per heavy atom. The number of hydrogen-bond acceptors (Lipinski definition) is 3. The zero-order chi connectivity index (χ0) is 20.2. The van der Waals surface area contributed by atoms with Crippen LogP contribution >= 0.6 is 24.0 Å². The molecule has 0 aromatic heterocycles. The minimum atomic E-state index is -0.0716. The molecular formula is C22H31IN4O2. The van der Waals surface area contributed by atoms with Crippen LogP contribution in [0.4, 0.5) is 0 Å². The quantitative estimate of drug-likeness (QED) is 0.275. The summed E-state index contributed by atoms with van der Waals surface area (Å²) < 4.78 is 5.67. The van der Waals surface area contributed by atoms with Crippen molar-refractivity contribution in [3.8, 4) is 5.75 Å². The Balaban J connectivity index is 0.00000420. The van der Waals surface area contributed by atoms with Crippen molar-refractivity contribution in [3.05, 3.63) is 65.2 Å². The van der Waals surface area contributed by atoms with Gasteiger partial charge in [0, 0.05) is 31.3 Å². The molecule has 0 fully saturated rings. The van der Waals surface area contributed by atoms with Gasteiger partial charge in [0.2, 0.25) is 0 Å². The lowest BCUT2D eigenvalue weighted by atomic mass is 10.1. The molecule has 29 heavy (non-hydrogen) atoms. The van der Waals surface area contributed by atoms with Gasteiger partial charge in [-0.15, -0.1) is 24.0 Å². The van der Waals surface area contributed by atoms with Crippen LogP contribution in [0.15, 0.2) is 53.5 Å². The molecule has 7 heteroatoms. The van der Waals surface area contributed by atoms with Gasteiger partial charge >= 0.3 is 0 Å². The first-order valence-corrected chi connectivity index (χ1v) is 9.71. The summed E-state index contributed by atoms with van der Waals surface area (Å²) in [7, 11) is 1.64. The Bertz CT molecular complexity index is 796. The van der Waals surface area contributed by atoms with E-state index in [0.29, 0.717) is 18.7 Å². The van der Waals surface area contributed by atoms with Crippen molar-refractivity contribution in [2.24, 2.45) is 4.99 Å². The number of nitrogens with zero attached hydrogens (tertiary/aromatic N) is 1. The van der Waals surface area contributed by atoms with Gasteiger partial charge in [0.25, 0.3) is 5.91 Å². The van der Waals surface area contributed by atoms with Gasteiger partial charge in [-0.3, -0.25) is 4.79 Å². The topological polar surface area (TPSA) is 74.8 Å². The summed E-state index contributed by atoms with van der Waals surface area (Å²) in [5.74, 6) is 1.56. The maximum absolute atomic E-state index is 11.8. The summed E-state index contributed by atoms with van der Waals surface area (Å²) in [5.41, 5.74) is 2.83. The Kier molecular flexibility index (Phi) is 11.8. The summed E-state index contributed by atoms with van der Waals surface area (Å²) in [4.78, 5) is 16.4. The van der Waals surface area contributed by atoms with E-state index in [0.717, 1.165) is 42.3 Å². The maximum Gasteiger partial charge on any atom is 0.251 e. The zero-order valence-corrected chi connectivity index (χ0v) is 19.7. The van der Waals surface area contributed by atoms with E-state index in [-0.39, 0.29) is 29.9 Å². The monoisotopic (exact) mass is 510 g/mol. The molecular weight excluding hydrogens is 479 g/mol. The minimum Gasteiger partial charge on any atom is -0.494 e. The summed E-state index contributed by atoms with van der Waals surface area (Å²) in [6.07, 6.45) is 0.796. The van der Waals surface area contributed by atoms with Crippen molar-refractivity contribution in [2.45, 2.75) is 26.8 Å². The maximum atomic E-state index is 11.8. The number of carbonyl (C=O) groups excluding carboxylic acids is 1. The van der Waals surface area contributed by atoms with Crippen LogP contribution in [0, 0.1) is 0 Å². The second-order valence-corrected chi connectivity index (χ2v) is 6.19. The average molecular weight is 510 g/mol. The molecule has 0 aliphatic rings. The molecule has 2 aromatic carbocycles. The number of hydrogen-bond donors (Lipinski definition) is 3. The number of nitrogens with one attached hydrogen (secondary N) is 3. The Hall–Kier alpha value is -2.29. The predicted octanol–water partition coefficient (Wildman–Crippen LogP) is 3.36. The average Bonchev–Trinajstić information content (AvgIpc) is 2.72. The number of amides is 1. The lowest BCUT2D eigenvalue weighted by Crippen LogP contribution is -2.38. The lowest BCUT2D eigenvalue weighted by Gasteiger charge is -2.13. The lowest BCUT2D eigenvalue weighted by molar-refractivity contribution is 0.0963. The third-order valence-electron chi connectivity index (χ3n) is 4.15. The van der Waals surface area contributed by atoms with Gasteiger partial charge in [0.05, 0.1) is 13.2 Å². The van der Waals surface area contributed by atoms with E-state index in [9.17, 15) is 4.79 Å². The third-order valence-corrected chi connectivity index (χ3v) is 4.15. The number of rotatable bonds is 9. The van der Waals surface area contributed by atoms with E-state index < -0.39 is 0 Å².